The molecule has 0 bridgehead atoms. The molecule has 136 valence electrons. The van der Waals surface area contributed by atoms with Gasteiger partial charge in [-0.05, 0) is 54.8 Å². The molecular formula is C21H29NO3. The predicted molar refractivity (Wildman–Crippen MR) is 103 cm³/mol. The fourth-order valence-electron chi connectivity index (χ4n) is 2.24. The maximum atomic E-state index is 5.78. The highest BCUT2D eigenvalue weighted by molar-refractivity contribution is 5.47. The molecule has 0 unspecified atom stereocenters. The van der Waals surface area contributed by atoms with E-state index in [1.807, 2.05) is 43.3 Å². The van der Waals surface area contributed by atoms with Crippen LogP contribution in [0, 0.1) is 5.92 Å². The highest BCUT2D eigenvalue weighted by Crippen LogP contribution is 2.18. The van der Waals surface area contributed by atoms with Crippen molar-refractivity contribution in [3.05, 3.63) is 54.1 Å². The van der Waals surface area contributed by atoms with Gasteiger partial charge in [-0.15, -0.1) is 0 Å². The zero-order valence-corrected chi connectivity index (χ0v) is 15.5. The first-order valence-corrected chi connectivity index (χ1v) is 8.93. The fourth-order valence-corrected chi connectivity index (χ4v) is 2.24. The maximum Gasteiger partial charge on any atom is 0.119 e. The van der Waals surface area contributed by atoms with Crippen molar-refractivity contribution in [3.8, 4) is 11.5 Å². The molecule has 0 atom stereocenters. The van der Waals surface area contributed by atoms with Gasteiger partial charge in [0.2, 0.25) is 0 Å². The quantitative estimate of drug-likeness (QED) is 0.598. The van der Waals surface area contributed by atoms with Crippen molar-refractivity contribution < 1.29 is 14.2 Å². The molecule has 2 aromatic rings. The summed E-state index contributed by atoms with van der Waals surface area (Å²) in [5.41, 5.74) is 2.25. The van der Waals surface area contributed by atoms with Crippen molar-refractivity contribution in [1.82, 2.24) is 0 Å². The predicted octanol–water partition coefficient (Wildman–Crippen LogP) is 4.75. The normalized spacial score (nSPS) is 10.7. The largest absolute Gasteiger partial charge is 0.493 e. The van der Waals surface area contributed by atoms with Gasteiger partial charge >= 0.3 is 0 Å². The van der Waals surface area contributed by atoms with E-state index in [1.165, 1.54) is 5.56 Å². The zero-order chi connectivity index (χ0) is 17.9. The Labute approximate surface area is 151 Å². The molecule has 25 heavy (non-hydrogen) atoms. The first-order chi connectivity index (χ1) is 12.2. The van der Waals surface area contributed by atoms with Crippen LogP contribution in [0.4, 0.5) is 5.69 Å². The average Bonchev–Trinajstić information content (AvgIpc) is 2.63. The smallest absolute Gasteiger partial charge is 0.119 e. The molecule has 0 saturated heterocycles. The summed E-state index contributed by atoms with van der Waals surface area (Å²) in [6.45, 7) is 9.67. The third-order valence-corrected chi connectivity index (χ3v) is 3.53. The van der Waals surface area contributed by atoms with Crippen LogP contribution in [0.1, 0.15) is 26.3 Å². The number of rotatable bonds is 11. The van der Waals surface area contributed by atoms with Crippen molar-refractivity contribution in [3.63, 3.8) is 0 Å². The van der Waals surface area contributed by atoms with E-state index in [-0.39, 0.29) is 0 Å². The molecule has 0 fully saturated rings. The molecule has 0 amide bonds. The van der Waals surface area contributed by atoms with Gasteiger partial charge in [0.05, 0.1) is 13.2 Å². The van der Waals surface area contributed by atoms with Gasteiger partial charge in [0.15, 0.2) is 0 Å². The van der Waals surface area contributed by atoms with Gasteiger partial charge in [0.1, 0.15) is 18.1 Å². The monoisotopic (exact) mass is 343 g/mol. The Kier molecular flexibility index (Phi) is 8.13. The van der Waals surface area contributed by atoms with Crippen LogP contribution >= 0.6 is 0 Å². The topological polar surface area (TPSA) is 39.7 Å². The minimum absolute atomic E-state index is 0.524. The Morgan fingerprint density at radius 1 is 0.920 bits per heavy atom. The average molecular weight is 343 g/mol. The van der Waals surface area contributed by atoms with E-state index in [4.69, 9.17) is 14.2 Å². The molecule has 0 heterocycles. The highest BCUT2D eigenvalue weighted by atomic mass is 16.5. The SMILES string of the molecule is CCOCCOc1ccc(NCc2cccc(OCC(C)C)c2)cc1. The summed E-state index contributed by atoms with van der Waals surface area (Å²) in [4.78, 5) is 0. The zero-order valence-electron chi connectivity index (χ0n) is 15.5. The number of hydrogen-bond acceptors (Lipinski definition) is 4. The lowest BCUT2D eigenvalue weighted by Crippen LogP contribution is -2.06. The van der Waals surface area contributed by atoms with E-state index < -0.39 is 0 Å². The Morgan fingerprint density at radius 2 is 1.72 bits per heavy atom. The van der Waals surface area contributed by atoms with Gasteiger partial charge in [-0.1, -0.05) is 26.0 Å². The lowest BCUT2D eigenvalue weighted by atomic mass is 10.2. The molecule has 2 aromatic carbocycles. The Hall–Kier alpha value is -2.20. The van der Waals surface area contributed by atoms with E-state index >= 15 is 0 Å². The Balaban J connectivity index is 1.79. The molecule has 0 aliphatic heterocycles. The maximum absolute atomic E-state index is 5.78. The van der Waals surface area contributed by atoms with Crippen molar-refractivity contribution in [2.75, 3.05) is 31.7 Å². The molecule has 0 aliphatic rings. The van der Waals surface area contributed by atoms with E-state index in [9.17, 15) is 0 Å². The Bertz CT molecular complexity index is 611. The van der Waals surface area contributed by atoms with Crippen LogP contribution in [0.3, 0.4) is 0 Å². The molecule has 4 heteroatoms. The van der Waals surface area contributed by atoms with Crippen molar-refractivity contribution >= 4 is 5.69 Å². The van der Waals surface area contributed by atoms with Gasteiger partial charge in [0, 0.05) is 18.8 Å². The molecule has 0 aliphatic carbocycles. The summed E-state index contributed by atoms with van der Waals surface area (Å²) in [6, 6.07) is 16.2. The van der Waals surface area contributed by atoms with Crippen molar-refractivity contribution in [1.29, 1.82) is 0 Å². The number of benzene rings is 2. The Morgan fingerprint density at radius 3 is 2.44 bits per heavy atom. The van der Waals surface area contributed by atoms with Crippen molar-refractivity contribution in [2.45, 2.75) is 27.3 Å². The van der Waals surface area contributed by atoms with E-state index in [1.54, 1.807) is 0 Å². The molecule has 0 saturated carbocycles. The lowest BCUT2D eigenvalue weighted by molar-refractivity contribution is 0.110. The van der Waals surface area contributed by atoms with Crippen LogP contribution in [-0.4, -0.2) is 26.4 Å². The standard InChI is InChI=1S/C21H29NO3/c1-4-23-12-13-24-20-10-8-19(9-11-20)22-15-18-6-5-7-21(14-18)25-16-17(2)3/h5-11,14,17,22H,4,12-13,15-16H2,1-3H3. The number of hydrogen-bond donors (Lipinski definition) is 1. The van der Waals surface area contributed by atoms with Gasteiger partial charge in [-0.2, -0.15) is 0 Å². The fraction of sp³-hybridized carbons (Fsp3) is 0.429. The minimum Gasteiger partial charge on any atom is -0.493 e. The highest BCUT2D eigenvalue weighted by Gasteiger charge is 2.00. The van der Waals surface area contributed by atoms with Gasteiger partial charge in [-0.25, -0.2) is 0 Å². The molecule has 0 spiro atoms. The summed E-state index contributed by atoms with van der Waals surface area (Å²) in [5.74, 6) is 2.30. The summed E-state index contributed by atoms with van der Waals surface area (Å²) in [6.07, 6.45) is 0. The van der Waals surface area contributed by atoms with Crippen LogP contribution in [0.2, 0.25) is 0 Å². The van der Waals surface area contributed by atoms with Crippen LogP contribution in [0.15, 0.2) is 48.5 Å². The molecule has 1 N–H and O–H groups in total. The second kappa shape index (κ2) is 10.6. The van der Waals surface area contributed by atoms with E-state index in [2.05, 4.69) is 31.3 Å². The van der Waals surface area contributed by atoms with Crippen LogP contribution in [0.5, 0.6) is 11.5 Å². The van der Waals surface area contributed by atoms with Crippen LogP contribution in [-0.2, 0) is 11.3 Å². The second-order valence-electron chi connectivity index (χ2n) is 6.28. The second-order valence-corrected chi connectivity index (χ2v) is 6.28. The molecule has 0 aromatic heterocycles. The summed E-state index contributed by atoms with van der Waals surface area (Å²) < 4.78 is 16.7. The van der Waals surface area contributed by atoms with Gasteiger partial charge < -0.3 is 19.5 Å². The van der Waals surface area contributed by atoms with Crippen molar-refractivity contribution in [2.24, 2.45) is 5.92 Å². The van der Waals surface area contributed by atoms with E-state index in [0.29, 0.717) is 19.1 Å². The first kappa shape index (κ1) is 19.1. The summed E-state index contributed by atoms with van der Waals surface area (Å²) >= 11 is 0. The van der Waals surface area contributed by atoms with Gasteiger partial charge in [-0.3, -0.25) is 0 Å². The lowest BCUT2D eigenvalue weighted by Gasteiger charge is -2.11. The minimum atomic E-state index is 0.524. The van der Waals surface area contributed by atoms with E-state index in [0.717, 1.165) is 36.9 Å². The summed E-state index contributed by atoms with van der Waals surface area (Å²) in [7, 11) is 0. The number of anilines is 1. The molecule has 2 rings (SSSR count). The van der Waals surface area contributed by atoms with Crippen LogP contribution in [0.25, 0.3) is 0 Å². The molecule has 4 nitrogen and oxygen atoms in total. The molecular weight excluding hydrogens is 314 g/mol. The van der Waals surface area contributed by atoms with Crippen LogP contribution < -0.4 is 14.8 Å². The van der Waals surface area contributed by atoms with Gasteiger partial charge in [0.25, 0.3) is 0 Å². The molecule has 0 radical (unpaired) electrons. The third-order valence-electron chi connectivity index (χ3n) is 3.53. The first-order valence-electron chi connectivity index (χ1n) is 8.93. The number of ether oxygens (including phenoxy) is 3. The third kappa shape index (κ3) is 7.48. The summed E-state index contributed by atoms with van der Waals surface area (Å²) in [5, 5.41) is 3.42. The number of nitrogens with one attached hydrogen (secondary N) is 1.